The number of carboxylic acid groups (broad SMARTS) is 1. The van der Waals surface area contributed by atoms with Crippen molar-refractivity contribution in [2.75, 3.05) is 20.3 Å². The minimum Gasteiger partial charge on any atom is -0.480 e. The second kappa shape index (κ2) is 7.45. The molecule has 4 N–H and O–H groups in total. The van der Waals surface area contributed by atoms with E-state index >= 15 is 0 Å². The summed E-state index contributed by atoms with van der Waals surface area (Å²) in [6.45, 7) is 0.980. The Bertz CT molecular complexity index is 310. The molecule has 1 unspecified atom stereocenters. The van der Waals surface area contributed by atoms with Gasteiger partial charge in [-0.1, -0.05) is 6.42 Å². The Morgan fingerprint density at radius 3 is 2.58 bits per heavy atom. The monoisotopic (exact) mass is 272 g/mol. The first-order valence-corrected chi connectivity index (χ1v) is 6.74. The van der Waals surface area contributed by atoms with Crippen molar-refractivity contribution in [2.45, 2.75) is 44.6 Å². The molecule has 0 saturated heterocycles. The zero-order chi connectivity index (χ0) is 14.3. The number of nitrogens with one attached hydrogen (secondary N) is 1. The quantitative estimate of drug-likeness (QED) is 0.531. The molecular weight excluding hydrogens is 248 g/mol. The fourth-order valence-corrected chi connectivity index (χ4v) is 2.40. The molecule has 1 aliphatic carbocycles. The molecule has 0 aromatic heterocycles. The standard InChI is InChI=1S/C13H24N2O4/c1-19-7-2-4-10(12(17)18)15-11(16)8-13(9-14)5-3-6-13/h10H,2-9,14H2,1H3,(H,15,16)(H,17,18). The first-order valence-electron chi connectivity index (χ1n) is 6.74. The summed E-state index contributed by atoms with van der Waals surface area (Å²) < 4.78 is 4.88. The van der Waals surface area contributed by atoms with Crippen molar-refractivity contribution < 1.29 is 19.4 Å². The molecule has 6 heteroatoms. The van der Waals surface area contributed by atoms with E-state index in [1.807, 2.05) is 0 Å². The van der Waals surface area contributed by atoms with E-state index in [1.54, 1.807) is 7.11 Å². The van der Waals surface area contributed by atoms with Gasteiger partial charge in [-0.2, -0.15) is 0 Å². The normalized spacial score (nSPS) is 18.4. The van der Waals surface area contributed by atoms with Crippen molar-refractivity contribution in [3.05, 3.63) is 0 Å². The van der Waals surface area contributed by atoms with Crippen molar-refractivity contribution in [1.82, 2.24) is 5.32 Å². The van der Waals surface area contributed by atoms with E-state index in [0.717, 1.165) is 19.3 Å². The molecule has 0 spiro atoms. The minimum atomic E-state index is -1.00. The summed E-state index contributed by atoms with van der Waals surface area (Å²) in [5.41, 5.74) is 5.60. The van der Waals surface area contributed by atoms with Gasteiger partial charge < -0.3 is 20.9 Å². The van der Waals surface area contributed by atoms with Crippen LogP contribution in [0.25, 0.3) is 0 Å². The molecule has 1 amide bonds. The van der Waals surface area contributed by atoms with E-state index in [2.05, 4.69) is 5.32 Å². The number of hydrogen-bond donors (Lipinski definition) is 3. The summed E-state index contributed by atoms with van der Waals surface area (Å²) in [5.74, 6) is -1.21. The lowest BCUT2D eigenvalue weighted by Crippen LogP contribution is -2.46. The van der Waals surface area contributed by atoms with E-state index < -0.39 is 12.0 Å². The molecule has 0 heterocycles. The van der Waals surface area contributed by atoms with E-state index in [1.165, 1.54) is 0 Å². The summed E-state index contributed by atoms with van der Waals surface area (Å²) in [5, 5.41) is 11.7. The van der Waals surface area contributed by atoms with Gasteiger partial charge in [0, 0.05) is 20.1 Å². The van der Waals surface area contributed by atoms with Crippen molar-refractivity contribution in [1.29, 1.82) is 0 Å². The Balaban J connectivity index is 2.40. The van der Waals surface area contributed by atoms with Crippen molar-refractivity contribution >= 4 is 11.9 Å². The third-order valence-corrected chi connectivity index (χ3v) is 3.86. The number of methoxy groups -OCH3 is 1. The lowest BCUT2D eigenvalue weighted by molar-refractivity contribution is -0.142. The highest BCUT2D eigenvalue weighted by molar-refractivity contribution is 5.83. The average Bonchev–Trinajstić information content (AvgIpc) is 2.32. The number of nitrogens with two attached hydrogens (primary N) is 1. The third kappa shape index (κ3) is 4.80. The molecule has 0 bridgehead atoms. The van der Waals surface area contributed by atoms with Crippen LogP contribution in [0.5, 0.6) is 0 Å². The van der Waals surface area contributed by atoms with Crippen LogP contribution in [0.1, 0.15) is 38.5 Å². The summed E-state index contributed by atoms with van der Waals surface area (Å²) in [6, 6.07) is -0.836. The van der Waals surface area contributed by atoms with Gasteiger partial charge in [-0.25, -0.2) is 4.79 Å². The highest BCUT2D eigenvalue weighted by Gasteiger charge is 2.38. The highest BCUT2D eigenvalue weighted by atomic mass is 16.5. The average molecular weight is 272 g/mol. The summed E-state index contributed by atoms with van der Waals surface area (Å²) in [7, 11) is 1.57. The van der Waals surface area contributed by atoms with Gasteiger partial charge >= 0.3 is 5.97 Å². The number of amides is 1. The van der Waals surface area contributed by atoms with E-state index in [4.69, 9.17) is 15.6 Å². The molecule has 0 aromatic carbocycles. The smallest absolute Gasteiger partial charge is 0.326 e. The zero-order valence-corrected chi connectivity index (χ0v) is 11.5. The van der Waals surface area contributed by atoms with Gasteiger partial charge in [0.25, 0.3) is 0 Å². The lowest BCUT2D eigenvalue weighted by Gasteiger charge is -2.40. The molecule has 1 saturated carbocycles. The second-order valence-electron chi connectivity index (χ2n) is 5.33. The first kappa shape index (κ1) is 15.9. The predicted molar refractivity (Wildman–Crippen MR) is 70.6 cm³/mol. The zero-order valence-electron chi connectivity index (χ0n) is 11.5. The van der Waals surface area contributed by atoms with Gasteiger partial charge in [-0.3, -0.25) is 4.79 Å². The Morgan fingerprint density at radius 2 is 2.16 bits per heavy atom. The van der Waals surface area contributed by atoms with Crippen LogP contribution in [-0.4, -0.2) is 43.3 Å². The van der Waals surface area contributed by atoms with Gasteiger partial charge in [-0.05, 0) is 37.6 Å². The largest absolute Gasteiger partial charge is 0.480 e. The Hall–Kier alpha value is -1.14. The van der Waals surface area contributed by atoms with Gasteiger partial charge in [0.2, 0.25) is 5.91 Å². The summed E-state index contributed by atoms with van der Waals surface area (Å²) >= 11 is 0. The Labute approximate surface area is 113 Å². The maximum atomic E-state index is 11.9. The fourth-order valence-electron chi connectivity index (χ4n) is 2.40. The molecular formula is C13H24N2O4. The van der Waals surface area contributed by atoms with E-state index in [-0.39, 0.29) is 11.3 Å². The number of hydrogen-bond acceptors (Lipinski definition) is 4. The van der Waals surface area contributed by atoms with Crippen LogP contribution < -0.4 is 11.1 Å². The second-order valence-corrected chi connectivity index (χ2v) is 5.33. The highest BCUT2D eigenvalue weighted by Crippen LogP contribution is 2.42. The minimum absolute atomic E-state index is 0.0976. The van der Waals surface area contributed by atoms with Gasteiger partial charge in [0.05, 0.1) is 0 Å². The van der Waals surface area contributed by atoms with Crippen LogP contribution in [0.15, 0.2) is 0 Å². The Morgan fingerprint density at radius 1 is 1.47 bits per heavy atom. The van der Waals surface area contributed by atoms with Crippen molar-refractivity contribution in [3.8, 4) is 0 Å². The molecule has 0 aliphatic heterocycles. The molecule has 1 aliphatic rings. The van der Waals surface area contributed by atoms with Crippen LogP contribution in [0, 0.1) is 5.41 Å². The number of carboxylic acids is 1. The Kier molecular flexibility index (Phi) is 6.24. The lowest BCUT2D eigenvalue weighted by atomic mass is 9.66. The fraction of sp³-hybridized carbons (Fsp3) is 0.846. The predicted octanol–water partition coefficient (Wildman–Crippen LogP) is 0.502. The molecule has 1 rings (SSSR count). The van der Waals surface area contributed by atoms with Crippen LogP contribution in [-0.2, 0) is 14.3 Å². The SMILES string of the molecule is COCCCC(NC(=O)CC1(CN)CCC1)C(=O)O. The summed E-state index contributed by atoms with van der Waals surface area (Å²) in [6.07, 6.45) is 4.33. The first-order chi connectivity index (χ1) is 9.03. The van der Waals surface area contributed by atoms with E-state index in [9.17, 15) is 9.59 Å². The van der Waals surface area contributed by atoms with Crippen molar-refractivity contribution in [3.63, 3.8) is 0 Å². The van der Waals surface area contributed by atoms with Crippen LogP contribution in [0.2, 0.25) is 0 Å². The molecule has 6 nitrogen and oxygen atoms in total. The molecule has 0 aromatic rings. The molecule has 1 fully saturated rings. The number of ether oxygens (including phenoxy) is 1. The summed E-state index contributed by atoms with van der Waals surface area (Å²) in [4.78, 5) is 23.0. The third-order valence-electron chi connectivity index (χ3n) is 3.86. The van der Waals surface area contributed by atoms with Crippen LogP contribution >= 0.6 is 0 Å². The van der Waals surface area contributed by atoms with Crippen LogP contribution in [0.3, 0.4) is 0 Å². The molecule has 0 radical (unpaired) electrons. The molecule has 110 valence electrons. The maximum absolute atomic E-state index is 11.9. The maximum Gasteiger partial charge on any atom is 0.326 e. The van der Waals surface area contributed by atoms with E-state index in [0.29, 0.717) is 32.4 Å². The molecule has 19 heavy (non-hydrogen) atoms. The number of carbonyl (C=O) groups is 2. The number of rotatable bonds is 9. The van der Waals surface area contributed by atoms with Crippen LogP contribution in [0.4, 0.5) is 0 Å². The number of aliphatic carboxylic acids is 1. The van der Waals surface area contributed by atoms with Gasteiger partial charge in [0.15, 0.2) is 0 Å². The number of carbonyl (C=O) groups excluding carboxylic acids is 1. The van der Waals surface area contributed by atoms with Gasteiger partial charge in [0.1, 0.15) is 6.04 Å². The topological polar surface area (TPSA) is 102 Å². The van der Waals surface area contributed by atoms with Gasteiger partial charge in [-0.15, -0.1) is 0 Å². The van der Waals surface area contributed by atoms with Crippen molar-refractivity contribution in [2.24, 2.45) is 11.1 Å². The molecule has 1 atom stereocenters.